The van der Waals surface area contributed by atoms with Crippen LogP contribution >= 0.6 is 15.9 Å². The van der Waals surface area contributed by atoms with E-state index in [0.29, 0.717) is 27.1 Å². The van der Waals surface area contributed by atoms with Crippen molar-refractivity contribution >= 4 is 42.4 Å². The second-order valence-corrected chi connectivity index (χ2v) is 8.32. The number of nitrogens with one attached hydrogen (secondary N) is 1. The molecule has 132 valence electrons. The number of nitrogen functional groups attached to an aromatic ring is 1. The first-order valence-corrected chi connectivity index (χ1v) is 9.29. The molecule has 4 nitrogen and oxygen atoms in total. The SMILES string of the molecule is Cc1[nH]c2ccc(Br)cc2c1S(=O)(=O)c1ccc(N)c(C(F)(F)F)c1. The minimum absolute atomic E-state index is 0.0540. The number of alkyl halides is 3. The van der Waals surface area contributed by atoms with Crippen LogP contribution in [0.15, 0.2) is 50.7 Å². The number of hydrogen-bond donors (Lipinski definition) is 2. The first-order chi connectivity index (χ1) is 11.5. The van der Waals surface area contributed by atoms with Gasteiger partial charge in [-0.3, -0.25) is 0 Å². The quantitative estimate of drug-likeness (QED) is 0.577. The molecule has 2 aromatic carbocycles. The molecule has 1 aromatic heterocycles. The van der Waals surface area contributed by atoms with E-state index in [-0.39, 0.29) is 4.90 Å². The molecule has 0 fully saturated rings. The lowest BCUT2D eigenvalue weighted by atomic mass is 10.2. The summed E-state index contributed by atoms with van der Waals surface area (Å²) >= 11 is 3.27. The van der Waals surface area contributed by atoms with Crippen molar-refractivity contribution in [3.63, 3.8) is 0 Å². The molecule has 3 N–H and O–H groups in total. The highest BCUT2D eigenvalue weighted by Crippen LogP contribution is 2.38. The van der Waals surface area contributed by atoms with Gasteiger partial charge in [0.2, 0.25) is 9.84 Å². The fraction of sp³-hybridized carbons (Fsp3) is 0.125. The third-order valence-corrected chi connectivity index (χ3v) is 6.23. The summed E-state index contributed by atoms with van der Waals surface area (Å²) in [5.74, 6) is 0. The maximum absolute atomic E-state index is 13.1. The van der Waals surface area contributed by atoms with Crippen LogP contribution in [0.2, 0.25) is 0 Å². The van der Waals surface area contributed by atoms with Crippen molar-refractivity contribution < 1.29 is 21.6 Å². The number of nitrogens with two attached hydrogens (primary N) is 1. The van der Waals surface area contributed by atoms with Crippen molar-refractivity contribution in [2.75, 3.05) is 5.73 Å². The second-order valence-electron chi connectivity index (χ2n) is 5.52. The lowest BCUT2D eigenvalue weighted by molar-refractivity contribution is -0.137. The van der Waals surface area contributed by atoms with Gasteiger partial charge >= 0.3 is 6.18 Å². The highest BCUT2D eigenvalue weighted by Gasteiger charge is 2.35. The zero-order chi connectivity index (χ0) is 18.6. The molecule has 3 rings (SSSR count). The van der Waals surface area contributed by atoms with E-state index in [1.165, 1.54) is 0 Å². The Labute approximate surface area is 149 Å². The molecular weight excluding hydrogens is 421 g/mol. The lowest BCUT2D eigenvalue weighted by Crippen LogP contribution is -2.11. The van der Waals surface area contributed by atoms with Crippen molar-refractivity contribution in [3.8, 4) is 0 Å². The smallest absolute Gasteiger partial charge is 0.398 e. The molecule has 0 unspecified atom stereocenters. The maximum Gasteiger partial charge on any atom is 0.418 e. The molecule has 0 spiro atoms. The van der Waals surface area contributed by atoms with Gasteiger partial charge in [0.25, 0.3) is 0 Å². The number of halogens is 4. The number of aryl methyl sites for hydroxylation is 1. The highest BCUT2D eigenvalue weighted by molar-refractivity contribution is 9.10. The van der Waals surface area contributed by atoms with E-state index in [1.54, 1.807) is 25.1 Å². The molecule has 0 amide bonds. The van der Waals surface area contributed by atoms with Crippen LogP contribution in [0.25, 0.3) is 10.9 Å². The molecule has 1 heterocycles. The van der Waals surface area contributed by atoms with Crippen molar-refractivity contribution in [3.05, 3.63) is 52.1 Å². The van der Waals surface area contributed by atoms with Crippen molar-refractivity contribution in [2.45, 2.75) is 22.9 Å². The molecule has 0 aliphatic carbocycles. The van der Waals surface area contributed by atoms with Gasteiger partial charge < -0.3 is 10.7 Å². The molecule has 0 aliphatic rings. The largest absolute Gasteiger partial charge is 0.418 e. The summed E-state index contributed by atoms with van der Waals surface area (Å²) in [6, 6.07) is 7.63. The summed E-state index contributed by atoms with van der Waals surface area (Å²) in [7, 11) is -4.18. The Morgan fingerprint density at radius 1 is 1.12 bits per heavy atom. The average Bonchev–Trinajstić information content (AvgIpc) is 2.81. The first-order valence-electron chi connectivity index (χ1n) is 7.01. The van der Waals surface area contributed by atoms with E-state index < -0.39 is 32.2 Å². The second kappa shape index (κ2) is 5.77. The van der Waals surface area contributed by atoms with Crippen LogP contribution in [0.3, 0.4) is 0 Å². The van der Waals surface area contributed by atoms with Gasteiger partial charge in [0.05, 0.1) is 15.4 Å². The molecule has 0 bridgehead atoms. The summed E-state index contributed by atoms with van der Waals surface area (Å²) < 4.78 is 65.8. The van der Waals surface area contributed by atoms with Crippen molar-refractivity contribution in [2.24, 2.45) is 0 Å². The summed E-state index contributed by atoms with van der Waals surface area (Å²) in [4.78, 5) is 2.43. The molecule has 0 aliphatic heterocycles. The van der Waals surface area contributed by atoms with Crippen LogP contribution in [0.1, 0.15) is 11.3 Å². The highest BCUT2D eigenvalue weighted by atomic mass is 79.9. The Hall–Kier alpha value is -2.00. The number of anilines is 1. The van der Waals surface area contributed by atoms with Gasteiger partial charge in [0, 0.05) is 26.8 Å². The predicted octanol–water partition coefficient (Wildman–Crippen LogP) is 4.67. The number of hydrogen-bond acceptors (Lipinski definition) is 3. The zero-order valence-corrected chi connectivity index (χ0v) is 15.2. The van der Waals surface area contributed by atoms with Crippen molar-refractivity contribution in [1.82, 2.24) is 4.98 Å². The normalized spacial score (nSPS) is 12.7. The van der Waals surface area contributed by atoms with Crippen LogP contribution in [-0.4, -0.2) is 13.4 Å². The van der Waals surface area contributed by atoms with Gasteiger partial charge in [-0.15, -0.1) is 0 Å². The Morgan fingerprint density at radius 2 is 1.80 bits per heavy atom. The number of rotatable bonds is 2. The first kappa shape index (κ1) is 17.8. The van der Waals surface area contributed by atoms with Crippen molar-refractivity contribution in [1.29, 1.82) is 0 Å². The van der Waals surface area contributed by atoms with Crippen LogP contribution in [0.4, 0.5) is 18.9 Å². The minimum Gasteiger partial charge on any atom is -0.398 e. The lowest BCUT2D eigenvalue weighted by Gasteiger charge is -2.12. The number of benzene rings is 2. The van der Waals surface area contributed by atoms with Gasteiger partial charge in [-0.1, -0.05) is 15.9 Å². The summed E-state index contributed by atoms with van der Waals surface area (Å²) in [5, 5.41) is 0.400. The van der Waals surface area contributed by atoms with E-state index in [0.717, 1.165) is 12.1 Å². The fourth-order valence-electron chi connectivity index (χ4n) is 2.69. The average molecular weight is 433 g/mol. The Kier molecular flexibility index (Phi) is 4.11. The molecule has 0 saturated heterocycles. The van der Waals surface area contributed by atoms with Gasteiger partial charge in [-0.25, -0.2) is 8.42 Å². The number of aromatic nitrogens is 1. The number of H-pyrrole nitrogens is 1. The van der Waals surface area contributed by atoms with Crippen LogP contribution in [-0.2, 0) is 16.0 Å². The topological polar surface area (TPSA) is 76.0 Å². The van der Waals surface area contributed by atoms with Gasteiger partial charge in [-0.05, 0) is 43.3 Å². The van der Waals surface area contributed by atoms with E-state index in [2.05, 4.69) is 20.9 Å². The van der Waals surface area contributed by atoms with E-state index in [4.69, 9.17) is 5.73 Å². The Balaban J connectivity index is 2.28. The molecule has 0 atom stereocenters. The Bertz CT molecular complexity index is 1090. The standard InChI is InChI=1S/C16H12BrF3N2O2S/c1-8-15(11-6-9(17)2-5-14(11)22-8)25(23,24)10-3-4-13(21)12(7-10)16(18,19)20/h2-7,22H,21H2,1H3. The number of aromatic amines is 1. The van der Waals surface area contributed by atoms with E-state index in [1.807, 2.05) is 0 Å². The van der Waals surface area contributed by atoms with E-state index in [9.17, 15) is 21.6 Å². The molecule has 3 aromatic rings. The van der Waals surface area contributed by atoms with Crippen LogP contribution in [0, 0.1) is 6.92 Å². The van der Waals surface area contributed by atoms with Gasteiger partial charge in [-0.2, -0.15) is 13.2 Å². The third-order valence-electron chi connectivity index (χ3n) is 3.80. The molecule has 0 saturated carbocycles. The molecule has 9 heteroatoms. The predicted molar refractivity (Wildman–Crippen MR) is 92.0 cm³/mol. The summed E-state index contributed by atoms with van der Waals surface area (Å²) in [5.41, 5.74) is 4.57. The number of sulfone groups is 1. The fourth-order valence-corrected chi connectivity index (χ4v) is 4.72. The van der Waals surface area contributed by atoms with Crippen LogP contribution < -0.4 is 5.73 Å². The van der Waals surface area contributed by atoms with Crippen LogP contribution in [0.5, 0.6) is 0 Å². The monoisotopic (exact) mass is 432 g/mol. The number of fused-ring (bicyclic) bond motifs is 1. The molecule has 25 heavy (non-hydrogen) atoms. The third kappa shape index (κ3) is 3.02. The molecule has 0 radical (unpaired) electrons. The van der Waals surface area contributed by atoms with Gasteiger partial charge in [0.15, 0.2) is 0 Å². The minimum atomic E-state index is -4.74. The van der Waals surface area contributed by atoms with Gasteiger partial charge in [0.1, 0.15) is 0 Å². The zero-order valence-electron chi connectivity index (χ0n) is 12.8. The molecular formula is C16H12BrF3N2O2S. The summed E-state index contributed by atoms with van der Waals surface area (Å²) in [6.07, 6.45) is -4.74. The van der Waals surface area contributed by atoms with E-state index >= 15 is 0 Å². The summed E-state index contributed by atoms with van der Waals surface area (Å²) in [6.45, 7) is 1.56. The Morgan fingerprint density at radius 3 is 2.44 bits per heavy atom. The maximum atomic E-state index is 13.1.